The summed E-state index contributed by atoms with van der Waals surface area (Å²) in [5.41, 5.74) is 1.65. The minimum Gasteiger partial charge on any atom is -0.490 e. The number of alkyl halides is 3. The molecule has 9 nitrogen and oxygen atoms in total. The Kier molecular flexibility index (Phi) is 7.79. The zero-order chi connectivity index (χ0) is 28.4. The maximum atomic E-state index is 13.6. The molecule has 0 radical (unpaired) electrons. The Balaban J connectivity index is 1.51. The van der Waals surface area contributed by atoms with Crippen LogP contribution in [0.3, 0.4) is 0 Å². The lowest BCUT2D eigenvalue weighted by Gasteiger charge is -2.36. The summed E-state index contributed by atoms with van der Waals surface area (Å²) in [6, 6.07) is 6.50. The molecule has 0 spiro atoms. The normalized spacial score (nSPS) is 17.0. The first-order valence-electron chi connectivity index (χ1n) is 13.3. The van der Waals surface area contributed by atoms with Gasteiger partial charge in [0.2, 0.25) is 5.95 Å². The number of carbonyl (C=O) groups excluding carboxylic acids is 1. The second kappa shape index (κ2) is 11.3. The number of anilines is 3. The predicted molar refractivity (Wildman–Crippen MR) is 145 cm³/mol. The van der Waals surface area contributed by atoms with Gasteiger partial charge in [-0.15, -0.1) is 0 Å². The summed E-state index contributed by atoms with van der Waals surface area (Å²) in [4.78, 5) is 30.6. The van der Waals surface area contributed by atoms with Gasteiger partial charge < -0.3 is 14.7 Å². The smallest absolute Gasteiger partial charge is 0.416 e. The molecule has 40 heavy (non-hydrogen) atoms. The Morgan fingerprint density at radius 1 is 1.25 bits per heavy atom. The zero-order valence-corrected chi connectivity index (χ0v) is 22.3. The number of nitrogens with one attached hydrogen (secondary N) is 1. The van der Waals surface area contributed by atoms with E-state index in [1.165, 1.54) is 18.5 Å². The van der Waals surface area contributed by atoms with Gasteiger partial charge in [-0.3, -0.25) is 10.2 Å². The molecular weight excluding hydrogens is 525 g/mol. The zero-order valence-electron chi connectivity index (χ0n) is 22.3. The van der Waals surface area contributed by atoms with Crippen LogP contribution in [0.4, 0.5) is 35.4 Å². The van der Waals surface area contributed by atoms with Crippen molar-refractivity contribution in [1.29, 1.82) is 0 Å². The number of hydrogen-bond acceptors (Lipinski definition) is 7. The average molecular weight is 557 g/mol. The highest BCUT2D eigenvalue weighted by Crippen LogP contribution is 2.44. The van der Waals surface area contributed by atoms with Gasteiger partial charge in [0, 0.05) is 31.7 Å². The van der Waals surface area contributed by atoms with Crippen LogP contribution >= 0.6 is 0 Å². The highest BCUT2D eigenvalue weighted by Gasteiger charge is 2.41. The van der Waals surface area contributed by atoms with Crippen LogP contribution in [0.2, 0.25) is 0 Å². The third-order valence-electron chi connectivity index (χ3n) is 7.35. The molecule has 2 unspecified atom stereocenters. The number of halogens is 3. The number of nitrogens with zero attached hydrogens (tertiary/aromatic N) is 5. The Labute approximate surface area is 230 Å². The average Bonchev–Trinajstić information content (AvgIpc) is 3.37. The molecule has 5 rings (SSSR count). The number of aromatic nitrogens is 3. The number of carbonyl (C=O) groups is 1. The third-order valence-corrected chi connectivity index (χ3v) is 7.35. The summed E-state index contributed by atoms with van der Waals surface area (Å²) in [5.74, 6) is 0.924. The van der Waals surface area contributed by atoms with Gasteiger partial charge in [0.15, 0.2) is 11.6 Å². The van der Waals surface area contributed by atoms with Gasteiger partial charge in [-0.2, -0.15) is 13.2 Å². The highest BCUT2D eigenvalue weighted by atomic mass is 19.4. The fraction of sp³-hybridized carbons (Fsp3) is 0.429. The molecule has 2 N–H and O–H groups in total. The van der Waals surface area contributed by atoms with Crippen molar-refractivity contribution >= 4 is 23.5 Å². The van der Waals surface area contributed by atoms with E-state index in [-0.39, 0.29) is 24.5 Å². The van der Waals surface area contributed by atoms with Gasteiger partial charge in [0.05, 0.1) is 42.0 Å². The molecule has 1 aromatic carbocycles. The number of fused-ring (bicyclic) bond motifs is 4. The molecule has 0 aliphatic carbocycles. The van der Waals surface area contributed by atoms with Crippen LogP contribution in [0.15, 0.2) is 42.7 Å². The monoisotopic (exact) mass is 556 g/mol. The van der Waals surface area contributed by atoms with Gasteiger partial charge in [0.25, 0.3) is 0 Å². The molecule has 2 atom stereocenters. The molecule has 12 heteroatoms. The Bertz CT molecular complexity index is 1370. The molecule has 2 aliphatic heterocycles. The Hall–Kier alpha value is -3.93. The van der Waals surface area contributed by atoms with E-state index in [4.69, 9.17) is 14.8 Å². The summed E-state index contributed by atoms with van der Waals surface area (Å²) < 4.78 is 46.1. The van der Waals surface area contributed by atoms with E-state index in [1.807, 2.05) is 19.9 Å². The van der Waals surface area contributed by atoms with Crippen molar-refractivity contribution in [2.75, 3.05) is 41.4 Å². The number of aliphatic hydroxyl groups excluding tert-OH is 1. The lowest BCUT2D eigenvalue weighted by molar-refractivity contribution is -0.137. The lowest BCUT2D eigenvalue weighted by Crippen LogP contribution is -2.48. The van der Waals surface area contributed by atoms with Crippen LogP contribution in [0, 0.1) is 0 Å². The number of hydrogen-bond donors (Lipinski definition) is 2. The number of urea groups is 1. The third kappa shape index (κ3) is 5.53. The molecule has 2 bridgehead atoms. The van der Waals surface area contributed by atoms with Crippen LogP contribution in [0.5, 0.6) is 5.75 Å². The SMILES string of the molecule is CCC(C)c1cc2c(nc1-c1cccc(C(F)(F)F)c1)N(C(=O)Nc1ncc(OCCCO)cn1)C1CCN2C1. The first-order valence-corrected chi connectivity index (χ1v) is 13.3. The molecular formula is C28H31F3N6O3. The molecule has 2 amide bonds. The molecule has 1 saturated heterocycles. The number of amides is 2. The van der Waals surface area contributed by atoms with E-state index in [9.17, 15) is 18.0 Å². The van der Waals surface area contributed by atoms with Crippen LogP contribution in [-0.4, -0.2) is 58.4 Å². The quantitative estimate of drug-likeness (QED) is 0.355. The Morgan fingerprint density at radius 2 is 2.02 bits per heavy atom. The molecule has 3 aromatic rings. The number of pyridine rings is 1. The minimum atomic E-state index is -4.49. The van der Waals surface area contributed by atoms with Crippen LogP contribution in [0.25, 0.3) is 11.3 Å². The van der Waals surface area contributed by atoms with E-state index >= 15 is 0 Å². The van der Waals surface area contributed by atoms with Gasteiger partial charge in [0.1, 0.15) is 0 Å². The van der Waals surface area contributed by atoms with E-state index in [0.717, 1.165) is 42.8 Å². The van der Waals surface area contributed by atoms with Crippen molar-refractivity contribution in [2.45, 2.75) is 51.2 Å². The second-order valence-electron chi connectivity index (χ2n) is 10.0. The number of rotatable bonds is 8. The van der Waals surface area contributed by atoms with E-state index in [0.29, 0.717) is 42.4 Å². The second-order valence-corrected chi connectivity index (χ2v) is 10.0. The van der Waals surface area contributed by atoms with E-state index in [1.54, 1.807) is 11.0 Å². The topological polar surface area (TPSA) is 104 Å². The molecule has 2 aromatic heterocycles. The summed E-state index contributed by atoms with van der Waals surface area (Å²) in [7, 11) is 0. The van der Waals surface area contributed by atoms with Crippen molar-refractivity contribution < 1.29 is 27.8 Å². The Morgan fingerprint density at radius 3 is 2.73 bits per heavy atom. The highest BCUT2D eigenvalue weighted by molar-refractivity contribution is 6.04. The van der Waals surface area contributed by atoms with Crippen molar-refractivity contribution in [3.05, 3.63) is 53.9 Å². The van der Waals surface area contributed by atoms with Crippen molar-refractivity contribution in [2.24, 2.45) is 0 Å². The fourth-order valence-electron chi connectivity index (χ4n) is 5.06. The van der Waals surface area contributed by atoms with Crippen LogP contribution < -0.4 is 19.9 Å². The lowest BCUT2D eigenvalue weighted by atomic mass is 9.92. The number of ether oxygens (including phenoxy) is 1. The fourth-order valence-corrected chi connectivity index (χ4v) is 5.06. The van der Waals surface area contributed by atoms with Crippen molar-refractivity contribution in [3.63, 3.8) is 0 Å². The van der Waals surface area contributed by atoms with Crippen molar-refractivity contribution in [3.8, 4) is 17.0 Å². The first kappa shape index (κ1) is 27.6. The van der Waals surface area contributed by atoms with Crippen LogP contribution in [0.1, 0.15) is 50.2 Å². The number of aliphatic hydroxyl groups is 1. The molecule has 0 saturated carbocycles. The molecule has 2 aliphatic rings. The van der Waals surface area contributed by atoms with Crippen molar-refractivity contribution in [1.82, 2.24) is 15.0 Å². The maximum absolute atomic E-state index is 13.6. The molecule has 1 fully saturated rings. The summed E-state index contributed by atoms with van der Waals surface area (Å²) in [6.45, 7) is 5.73. The van der Waals surface area contributed by atoms with Gasteiger partial charge >= 0.3 is 12.2 Å². The summed E-state index contributed by atoms with van der Waals surface area (Å²) in [6.07, 6.45) is 0.347. The van der Waals surface area contributed by atoms with E-state index in [2.05, 4.69) is 20.2 Å². The van der Waals surface area contributed by atoms with Gasteiger partial charge in [-0.1, -0.05) is 26.0 Å². The minimum absolute atomic E-state index is 0.00721. The number of benzene rings is 1. The van der Waals surface area contributed by atoms with Gasteiger partial charge in [-0.05, 0) is 42.5 Å². The summed E-state index contributed by atoms with van der Waals surface area (Å²) in [5, 5.41) is 11.6. The van der Waals surface area contributed by atoms with E-state index < -0.39 is 17.8 Å². The standard InChI is InChI=1S/C28H31F3N6O3/c1-3-17(2)22-13-23-25(34-24(22)18-6-4-7-19(12-18)28(29,30)31)37(20-8-9-36(23)16-20)27(39)35-26-32-14-21(15-33-26)40-11-5-10-38/h4,6-7,12-15,17,20,38H,3,5,8-11,16H2,1-2H3,(H,32,33,35,39). The van der Waals surface area contributed by atoms with Gasteiger partial charge in [-0.25, -0.2) is 19.7 Å². The van der Waals surface area contributed by atoms with Crippen LogP contribution in [-0.2, 0) is 6.18 Å². The summed E-state index contributed by atoms with van der Waals surface area (Å²) >= 11 is 0. The molecule has 212 valence electrons. The first-order chi connectivity index (χ1) is 19.2. The maximum Gasteiger partial charge on any atom is 0.416 e. The largest absolute Gasteiger partial charge is 0.490 e. The molecule has 4 heterocycles. The predicted octanol–water partition coefficient (Wildman–Crippen LogP) is 5.46.